The predicted octanol–water partition coefficient (Wildman–Crippen LogP) is 4.87. The molecule has 2 atom stereocenters. The molecule has 2 N–H and O–H groups in total. The van der Waals surface area contributed by atoms with Gasteiger partial charge in [0.1, 0.15) is 5.75 Å². The number of anilines is 1. The van der Waals surface area contributed by atoms with Crippen molar-refractivity contribution in [3.8, 4) is 5.75 Å². The maximum absolute atomic E-state index is 13.2. The summed E-state index contributed by atoms with van der Waals surface area (Å²) in [6.07, 6.45) is -4.32. The standard InChI is InChI=1S/C26H21Cl2NO8/c1-2-35-16-13-11-15(12-14-16)29-23(30)21(36-25(33)17-7-3-5-9-19(17)27)22(24(31)32)37-26(34)18-8-4-6-10-20(18)28/h3-14,21-22H,2H2,1H3,(H,29,30)(H,31,32)/t21-,22+/m0/s1. The average molecular weight is 546 g/mol. The first-order chi connectivity index (χ1) is 17.7. The van der Waals surface area contributed by atoms with E-state index in [1.807, 2.05) is 6.92 Å². The Labute approximate surface area is 221 Å². The molecule has 0 aliphatic rings. The third-order valence-electron chi connectivity index (χ3n) is 4.87. The number of carbonyl (C=O) groups is 4. The second-order valence-electron chi connectivity index (χ2n) is 7.40. The average Bonchev–Trinajstić information content (AvgIpc) is 2.87. The lowest BCUT2D eigenvalue weighted by Gasteiger charge is -2.24. The van der Waals surface area contributed by atoms with Crippen LogP contribution in [0.4, 0.5) is 5.69 Å². The van der Waals surface area contributed by atoms with E-state index in [4.69, 9.17) is 37.4 Å². The van der Waals surface area contributed by atoms with Crippen LogP contribution in [0.25, 0.3) is 0 Å². The normalized spacial score (nSPS) is 12.1. The Bertz CT molecular complexity index is 1300. The van der Waals surface area contributed by atoms with E-state index < -0.39 is 36.0 Å². The van der Waals surface area contributed by atoms with Gasteiger partial charge in [-0.3, -0.25) is 4.79 Å². The van der Waals surface area contributed by atoms with Gasteiger partial charge < -0.3 is 24.6 Å². The molecule has 0 aromatic heterocycles. The van der Waals surface area contributed by atoms with Crippen molar-refractivity contribution in [1.82, 2.24) is 0 Å². The number of amides is 1. The third kappa shape index (κ3) is 7.22. The van der Waals surface area contributed by atoms with Crippen molar-refractivity contribution in [3.63, 3.8) is 0 Å². The van der Waals surface area contributed by atoms with Gasteiger partial charge in [-0.15, -0.1) is 0 Å². The van der Waals surface area contributed by atoms with Gasteiger partial charge in [-0.05, 0) is 55.5 Å². The van der Waals surface area contributed by atoms with Gasteiger partial charge in [-0.25, -0.2) is 14.4 Å². The highest BCUT2D eigenvalue weighted by Gasteiger charge is 2.41. The van der Waals surface area contributed by atoms with Gasteiger partial charge in [0.15, 0.2) is 0 Å². The lowest BCUT2D eigenvalue weighted by Crippen LogP contribution is -2.48. The molecule has 11 heteroatoms. The zero-order valence-corrected chi connectivity index (χ0v) is 20.9. The second kappa shape index (κ2) is 12.8. The van der Waals surface area contributed by atoms with Crippen molar-refractivity contribution >= 4 is 52.7 Å². The molecule has 0 saturated carbocycles. The minimum atomic E-state index is -2.22. The summed E-state index contributed by atoms with van der Waals surface area (Å²) >= 11 is 12.1. The summed E-state index contributed by atoms with van der Waals surface area (Å²) in [5.41, 5.74) is -0.0167. The Morgan fingerprint density at radius 2 is 1.27 bits per heavy atom. The van der Waals surface area contributed by atoms with E-state index in [0.717, 1.165) is 0 Å². The number of ether oxygens (including phenoxy) is 3. The highest BCUT2D eigenvalue weighted by Crippen LogP contribution is 2.22. The molecule has 1 amide bonds. The van der Waals surface area contributed by atoms with Crippen molar-refractivity contribution in [1.29, 1.82) is 0 Å². The molecular formula is C26H21Cl2NO8. The summed E-state index contributed by atoms with van der Waals surface area (Å²) in [6, 6.07) is 17.8. The van der Waals surface area contributed by atoms with E-state index in [1.54, 1.807) is 24.3 Å². The number of carboxylic acids is 1. The number of aliphatic carboxylic acids is 1. The fourth-order valence-electron chi connectivity index (χ4n) is 3.12. The topological polar surface area (TPSA) is 128 Å². The molecule has 9 nitrogen and oxygen atoms in total. The summed E-state index contributed by atoms with van der Waals surface area (Å²) in [4.78, 5) is 50.8. The summed E-state index contributed by atoms with van der Waals surface area (Å²) in [5.74, 6) is -4.49. The van der Waals surface area contributed by atoms with Crippen LogP contribution in [0, 0.1) is 0 Å². The quantitative estimate of drug-likeness (QED) is 0.345. The summed E-state index contributed by atoms with van der Waals surface area (Å²) in [7, 11) is 0. The fraction of sp³-hybridized carbons (Fsp3) is 0.154. The molecule has 3 aromatic carbocycles. The van der Waals surface area contributed by atoms with E-state index in [1.165, 1.54) is 48.5 Å². The lowest BCUT2D eigenvalue weighted by atomic mass is 10.1. The van der Waals surface area contributed by atoms with Gasteiger partial charge >= 0.3 is 17.9 Å². The van der Waals surface area contributed by atoms with E-state index in [9.17, 15) is 24.3 Å². The molecule has 3 rings (SSSR count). The maximum atomic E-state index is 13.2. The molecule has 0 unspecified atom stereocenters. The van der Waals surface area contributed by atoms with Gasteiger partial charge in [-0.1, -0.05) is 47.5 Å². The number of esters is 2. The zero-order chi connectivity index (χ0) is 26.9. The smallest absolute Gasteiger partial charge is 0.349 e. The summed E-state index contributed by atoms with van der Waals surface area (Å²) in [5, 5.41) is 12.3. The number of carboxylic acid groups (broad SMARTS) is 1. The Kier molecular flexibility index (Phi) is 9.48. The lowest BCUT2D eigenvalue weighted by molar-refractivity contribution is -0.157. The monoisotopic (exact) mass is 545 g/mol. The van der Waals surface area contributed by atoms with Crippen molar-refractivity contribution in [2.24, 2.45) is 0 Å². The molecule has 0 spiro atoms. The summed E-state index contributed by atoms with van der Waals surface area (Å²) in [6.45, 7) is 2.24. The highest BCUT2D eigenvalue weighted by atomic mass is 35.5. The van der Waals surface area contributed by atoms with E-state index in [2.05, 4.69) is 5.32 Å². The number of rotatable bonds is 10. The van der Waals surface area contributed by atoms with Crippen LogP contribution in [0.2, 0.25) is 10.0 Å². The first-order valence-electron chi connectivity index (χ1n) is 10.9. The van der Waals surface area contributed by atoms with Crippen molar-refractivity contribution < 1.29 is 38.5 Å². The number of nitrogens with one attached hydrogen (secondary N) is 1. The van der Waals surface area contributed by atoms with E-state index >= 15 is 0 Å². The first-order valence-corrected chi connectivity index (χ1v) is 11.6. The second-order valence-corrected chi connectivity index (χ2v) is 8.21. The SMILES string of the molecule is CCOc1ccc(NC(=O)[C@@H](OC(=O)c2ccccc2Cl)[C@@H](OC(=O)c2ccccc2Cl)C(=O)O)cc1. The molecule has 192 valence electrons. The Balaban J connectivity index is 1.92. The van der Waals surface area contributed by atoms with Gasteiger partial charge in [0.05, 0.1) is 27.8 Å². The number of carbonyl (C=O) groups excluding carboxylic acids is 3. The third-order valence-corrected chi connectivity index (χ3v) is 5.52. The number of hydrogen-bond acceptors (Lipinski definition) is 7. The van der Waals surface area contributed by atoms with Gasteiger partial charge in [0.2, 0.25) is 12.2 Å². The molecule has 0 heterocycles. The van der Waals surface area contributed by atoms with Crippen molar-refractivity contribution in [3.05, 3.63) is 94.0 Å². The fourth-order valence-corrected chi connectivity index (χ4v) is 3.55. The van der Waals surface area contributed by atoms with Crippen molar-refractivity contribution in [2.45, 2.75) is 19.1 Å². The highest BCUT2D eigenvalue weighted by molar-refractivity contribution is 6.34. The summed E-state index contributed by atoms with van der Waals surface area (Å²) < 4.78 is 15.7. The number of hydrogen-bond donors (Lipinski definition) is 2. The van der Waals surface area contributed by atoms with Crippen LogP contribution in [0.1, 0.15) is 27.6 Å². The van der Waals surface area contributed by atoms with E-state index in [0.29, 0.717) is 12.4 Å². The molecule has 0 saturated heterocycles. The molecule has 0 fully saturated rings. The van der Waals surface area contributed by atoms with Gasteiger partial charge in [0, 0.05) is 5.69 Å². The van der Waals surface area contributed by atoms with Gasteiger partial charge in [0.25, 0.3) is 5.91 Å². The minimum Gasteiger partial charge on any atom is -0.494 e. The number of benzene rings is 3. The van der Waals surface area contributed by atoms with Crippen LogP contribution in [-0.4, -0.2) is 47.7 Å². The van der Waals surface area contributed by atoms with Crippen LogP contribution in [0.3, 0.4) is 0 Å². The maximum Gasteiger partial charge on any atom is 0.349 e. The molecule has 3 aromatic rings. The van der Waals surface area contributed by atoms with Crippen LogP contribution in [0.15, 0.2) is 72.8 Å². The van der Waals surface area contributed by atoms with Crippen LogP contribution < -0.4 is 10.1 Å². The van der Waals surface area contributed by atoms with Gasteiger partial charge in [-0.2, -0.15) is 0 Å². The van der Waals surface area contributed by atoms with Crippen LogP contribution >= 0.6 is 23.2 Å². The molecule has 0 radical (unpaired) electrons. The van der Waals surface area contributed by atoms with E-state index in [-0.39, 0.29) is 26.9 Å². The van der Waals surface area contributed by atoms with Crippen molar-refractivity contribution in [2.75, 3.05) is 11.9 Å². The molecule has 0 aliphatic carbocycles. The largest absolute Gasteiger partial charge is 0.494 e. The Morgan fingerprint density at radius 3 is 1.73 bits per heavy atom. The molecule has 37 heavy (non-hydrogen) atoms. The molecular weight excluding hydrogens is 525 g/mol. The minimum absolute atomic E-state index is 0.0000837. The van der Waals surface area contributed by atoms with Crippen LogP contribution in [-0.2, 0) is 19.1 Å². The molecule has 0 aliphatic heterocycles. The predicted molar refractivity (Wildman–Crippen MR) is 135 cm³/mol. The zero-order valence-electron chi connectivity index (χ0n) is 19.4. The first kappa shape index (κ1) is 27.5. The molecule has 0 bridgehead atoms. The Morgan fingerprint density at radius 1 is 0.784 bits per heavy atom. The van der Waals surface area contributed by atoms with Crippen LogP contribution in [0.5, 0.6) is 5.75 Å². The Hall–Kier alpha value is -4.08. The number of halogens is 2.